The molecule has 0 unspecified atom stereocenters. The molecule has 3 heteroatoms. The Morgan fingerprint density at radius 2 is 1.85 bits per heavy atom. The van der Waals surface area contributed by atoms with Crippen LogP contribution >= 0.6 is 0 Å². The summed E-state index contributed by atoms with van der Waals surface area (Å²) in [5, 5.41) is 1.27. The predicted molar refractivity (Wildman–Crippen MR) is 61.7 cm³/mol. The van der Waals surface area contributed by atoms with E-state index >= 15 is 0 Å². The molecule has 0 atom stereocenters. The van der Waals surface area contributed by atoms with Crippen LogP contribution in [-0.4, -0.2) is 8.80 Å². The summed E-state index contributed by atoms with van der Waals surface area (Å²) in [4.78, 5) is 0. The number of nitrogens with two attached hydrogens (primary N) is 2. The third-order valence-electron chi connectivity index (χ3n) is 2.50. The van der Waals surface area contributed by atoms with Gasteiger partial charge in [-0.15, -0.1) is 0 Å². The van der Waals surface area contributed by atoms with Crippen LogP contribution < -0.4 is 16.7 Å². The van der Waals surface area contributed by atoms with Crippen molar-refractivity contribution < 1.29 is 0 Å². The molecule has 0 bridgehead atoms. The summed E-state index contributed by atoms with van der Waals surface area (Å²) in [6.45, 7) is 6.46. The van der Waals surface area contributed by atoms with Gasteiger partial charge in [0.1, 0.15) is 0 Å². The van der Waals surface area contributed by atoms with Crippen molar-refractivity contribution in [2.45, 2.75) is 26.4 Å². The van der Waals surface area contributed by atoms with Crippen LogP contribution in [0, 0.1) is 6.92 Å². The first-order valence-corrected chi connectivity index (χ1v) is 6.76. The number of hydrogen-bond acceptors (Lipinski definition) is 2. The third-order valence-corrected chi connectivity index (χ3v) is 4.91. The molecule has 0 amide bonds. The summed E-state index contributed by atoms with van der Waals surface area (Å²) < 4.78 is 0. The molecule has 1 aromatic carbocycles. The maximum absolute atomic E-state index is 5.96. The quantitative estimate of drug-likeness (QED) is 0.552. The maximum Gasteiger partial charge on any atom is 0.0850 e. The number of aryl methyl sites for hydroxylation is 1. The van der Waals surface area contributed by atoms with Crippen molar-refractivity contribution in [3.8, 4) is 0 Å². The molecular weight excluding hydrogens is 176 g/mol. The predicted octanol–water partition coefficient (Wildman–Crippen LogP) is 1.51. The number of anilines is 2. The highest BCUT2D eigenvalue weighted by atomic mass is 28.3. The fraction of sp³-hybridized carbons (Fsp3) is 0.400. The second-order valence-corrected chi connectivity index (χ2v) is 6.20. The van der Waals surface area contributed by atoms with E-state index in [1.54, 1.807) is 0 Å². The van der Waals surface area contributed by atoms with Gasteiger partial charge >= 0.3 is 0 Å². The summed E-state index contributed by atoms with van der Waals surface area (Å²) in [6.07, 6.45) is 0. The molecular formula is C10H17N2Si. The topological polar surface area (TPSA) is 52.0 Å². The molecule has 0 fully saturated rings. The lowest BCUT2D eigenvalue weighted by Crippen LogP contribution is -2.29. The van der Waals surface area contributed by atoms with Gasteiger partial charge in [-0.3, -0.25) is 0 Å². The lowest BCUT2D eigenvalue weighted by molar-refractivity contribution is 1.42. The van der Waals surface area contributed by atoms with Crippen LogP contribution in [0.2, 0.25) is 12.6 Å². The molecule has 4 N–H and O–H groups in total. The van der Waals surface area contributed by atoms with Crippen molar-refractivity contribution in [2.24, 2.45) is 0 Å². The van der Waals surface area contributed by atoms with Crippen molar-refractivity contribution in [2.75, 3.05) is 11.5 Å². The van der Waals surface area contributed by atoms with E-state index in [9.17, 15) is 0 Å². The first-order valence-electron chi connectivity index (χ1n) is 4.55. The number of rotatable bonds is 2. The SMILES string of the molecule is CC[Si](C)c1ccc(C)c(N)c1N. The minimum absolute atomic E-state index is 0.480. The molecule has 0 heterocycles. The molecule has 0 aromatic heterocycles. The Morgan fingerprint density at radius 3 is 2.38 bits per heavy atom. The van der Waals surface area contributed by atoms with Crippen LogP contribution in [0.4, 0.5) is 11.4 Å². The molecule has 0 saturated heterocycles. The van der Waals surface area contributed by atoms with Crippen LogP contribution in [0.15, 0.2) is 12.1 Å². The zero-order valence-corrected chi connectivity index (χ0v) is 9.52. The van der Waals surface area contributed by atoms with Gasteiger partial charge in [-0.25, -0.2) is 0 Å². The summed E-state index contributed by atoms with van der Waals surface area (Å²) in [6, 6.07) is 5.38. The van der Waals surface area contributed by atoms with Gasteiger partial charge in [0.05, 0.1) is 20.2 Å². The van der Waals surface area contributed by atoms with E-state index in [2.05, 4.69) is 25.6 Å². The van der Waals surface area contributed by atoms with Crippen LogP contribution in [0.1, 0.15) is 12.5 Å². The first kappa shape index (κ1) is 10.1. The average Bonchev–Trinajstić information content (AvgIpc) is 2.13. The second-order valence-electron chi connectivity index (χ2n) is 3.39. The summed E-state index contributed by atoms with van der Waals surface area (Å²) in [7, 11) is -0.480. The monoisotopic (exact) mass is 193 g/mol. The molecule has 71 valence electrons. The van der Waals surface area contributed by atoms with Crippen molar-refractivity contribution in [1.29, 1.82) is 0 Å². The van der Waals surface area contributed by atoms with Gasteiger partial charge in [-0.2, -0.15) is 0 Å². The maximum atomic E-state index is 5.96. The Hall–Kier alpha value is -0.963. The standard InChI is InChI=1S/C10H17N2Si/c1-4-13(3)8-6-5-7(2)9(11)10(8)12/h5-6H,4,11-12H2,1-3H3. The molecule has 2 nitrogen and oxygen atoms in total. The van der Waals surface area contributed by atoms with Crippen LogP contribution in [-0.2, 0) is 0 Å². The van der Waals surface area contributed by atoms with E-state index in [0.29, 0.717) is 0 Å². The first-order chi connectivity index (χ1) is 6.07. The Bertz CT molecular complexity index is 310. The molecule has 1 radical (unpaired) electrons. The van der Waals surface area contributed by atoms with Gasteiger partial charge < -0.3 is 11.5 Å². The smallest absolute Gasteiger partial charge is 0.0850 e. The van der Waals surface area contributed by atoms with Gasteiger partial charge in [0.25, 0.3) is 0 Å². The zero-order chi connectivity index (χ0) is 10.0. The minimum atomic E-state index is -0.480. The number of hydrogen-bond donors (Lipinski definition) is 2. The van der Waals surface area contributed by atoms with Crippen molar-refractivity contribution in [1.82, 2.24) is 0 Å². The molecule has 0 saturated carbocycles. The number of nitrogen functional groups attached to an aromatic ring is 2. The highest BCUT2D eigenvalue weighted by Gasteiger charge is 2.11. The van der Waals surface area contributed by atoms with Gasteiger partial charge in [-0.05, 0) is 17.7 Å². The summed E-state index contributed by atoms with van der Waals surface area (Å²) in [5.74, 6) is 0. The number of benzene rings is 1. The fourth-order valence-corrected chi connectivity index (χ4v) is 2.65. The Balaban J connectivity index is 3.18. The molecule has 0 aliphatic rings. The van der Waals surface area contributed by atoms with E-state index < -0.39 is 8.80 Å². The van der Waals surface area contributed by atoms with E-state index in [4.69, 9.17) is 11.5 Å². The van der Waals surface area contributed by atoms with Gasteiger partial charge in [-0.1, -0.05) is 31.6 Å². The Morgan fingerprint density at radius 1 is 1.23 bits per heavy atom. The van der Waals surface area contributed by atoms with Gasteiger partial charge in [0, 0.05) is 0 Å². The Labute approximate surface area is 81.5 Å². The van der Waals surface area contributed by atoms with Crippen molar-refractivity contribution >= 4 is 25.4 Å². The van der Waals surface area contributed by atoms with E-state index in [1.165, 1.54) is 11.2 Å². The molecule has 0 aliphatic heterocycles. The summed E-state index contributed by atoms with van der Waals surface area (Å²) in [5.41, 5.74) is 14.5. The average molecular weight is 193 g/mol. The van der Waals surface area contributed by atoms with Crippen LogP contribution in [0.25, 0.3) is 0 Å². The lowest BCUT2D eigenvalue weighted by Gasteiger charge is -2.13. The highest BCUT2D eigenvalue weighted by Crippen LogP contribution is 2.17. The molecule has 0 aliphatic carbocycles. The largest absolute Gasteiger partial charge is 0.397 e. The second kappa shape index (κ2) is 3.83. The zero-order valence-electron chi connectivity index (χ0n) is 8.52. The Kier molecular flexibility index (Phi) is 2.98. The van der Waals surface area contributed by atoms with E-state index in [1.807, 2.05) is 6.92 Å². The highest BCUT2D eigenvalue weighted by molar-refractivity contribution is 6.73. The van der Waals surface area contributed by atoms with E-state index in [0.717, 1.165) is 16.9 Å². The molecule has 0 spiro atoms. The minimum Gasteiger partial charge on any atom is -0.397 e. The third kappa shape index (κ3) is 1.86. The fourth-order valence-electron chi connectivity index (χ4n) is 1.31. The van der Waals surface area contributed by atoms with E-state index in [-0.39, 0.29) is 0 Å². The van der Waals surface area contributed by atoms with Crippen molar-refractivity contribution in [3.05, 3.63) is 17.7 Å². The van der Waals surface area contributed by atoms with Crippen LogP contribution in [0.5, 0.6) is 0 Å². The van der Waals surface area contributed by atoms with Crippen molar-refractivity contribution in [3.63, 3.8) is 0 Å². The molecule has 13 heavy (non-hydrogen) atoms. The summed E-state index contributed by atoms with van der Waals surface area (Å²) >= 11 is 0. The van der Waals surface area contributed by atoms with Gasteiger partial charge in [0.15, 0.2) is 0 Å². The van der Waals surface area contributed by atoms with Gasteiger partial charge in [0.2, 0.25) is 0 Å². The molecule has 1 rings (SSSR count). The lowest BCUT2D eigenvalue weighted by atomic mass is 10.2. The van der Waals surface area contributed by atoms with Crippen LogP contribution in [0.3, 0.4) is 0 Å². The normalized spacial score (nSPS) is 10.8. The molecule has 1 aromatic rings.